The van der Waals surface area contributed by atoms with Gasteiger partial charge in [0.2, 0.25) is 0 Å². The molecule has 0 amide bonds. The standard InChI is InChI=1S/C15H22N2O3/c1-15(2,3)8-9-20-12-6-4-11(5-7-12)14(16)17-10-13(18)19/h4-7H,8-10H2,1-3H3,(H2,16,17)(H,18,19). The van der Waals surface area contributed by atoms with Crippen molar-refractivity contribution < 1.29 is 14.6 Å². The Morgan fingerprint density at radius 1 is 1.30 bits per heavy atom. The number of ether oxygens (including phenoxy) is 1. The predicted octanol–water partition coefficient (Wildman–Crippen LogP) is 2.29. The first-order chi connectivity index (χ1) is 9.28. The number of benzene rings is 1. The number of hydrogen-bond donors (Lipinski definition) is 2. The summed E-state index contributed by atoms with van der Waals surface area (Å²) >= 11 is 0. The van der Waals surface area contributed by atoms with Gasteiger partial charge in [0.25, 0.3) is 0 Å². The molecule has 0 aliphatic carbocycles. The molecule has 0 atom stereocenters. The van der Waals surface area contributed by atoms with E-state index in [2.05, 4.69) is 25.8 Å². The number of amidine groups is 1. The minimum atomic E-state index is -1.00. The second-order valence-corrected chi connectivity index (χ2v) is 5.78. The highest BCUT2D eigenvalue weighted by Gasteiger charge is 2.09. The van der Waals surface area contributed by atoms with Crippen LogP contribution >= 0.6 is 0 Å². The lowest BCUT2D eigenvalue weighted by Gasteiger charge is -2.18. The summed E-state index contributed by atoms with van der Waals surface area (Å²) in [5, 5.41) is 8.53. The summed E-state index contributed by atoms with van der Waals surface area (Å²) < 4.78 is 5.64. The number of nitrogens with zero attached hydrogens (tertiary/aromatic N) is 1. The fraction of sp³-hybridized carbons (Fsp3) is 0.467. The molecule has 0 spiro atoms. The first-order valence-corrected chi connectivity index (χ1v) is 6.53. The van der Waals surface area contributed by atoms with Gasteiger partial charge < -0.3 is 15.6 Å². The van der Waals surface area contributed by atoms with E-state index in [-0.39, 0.29) is 17.8 Å². The van der Waals surface area contributed by atoms with E-state index < -0.39 is 5.97 Å². The number of carboxylic acids is 1. The molecule has 1 aromatic carbocycles. The maximum absolute atomic E-state index is 10.4. The van der Waals surface area contributed by atoms with Crippen LogP contribution in [-0.4, -0.2) is 30.1 Å². The SMILES string of the molecule is CC(C)(C)CCOc1ccc(C(N)=NCC(=O)O)cc1. The molecule has 20 heavy (non-hydrogen) atoms. The topological polar surface area (TPSA) is 84.9 Å². The Morgan fingerprint density at radius 3 is 2.40 bits per heavy atom. The molecule has 0 bridgehead atoms. The minimum Gasteiger partial charge on any atom is -0.494 e. The average Bonchev–Trinajstić information content (AvgIpc) is 2.35. The summed E-state index contributed by atoms with van der Waals surface area (Å²) in [5.41, 5.74) is 6.63. The molecular formula is C15H22N2O3. The Hall–Kier alpha value is -2.04. The van der Waals surface area contributed by atoms with Gasteiger partial charge in [-0.3, -0.25) is 9.79 Å². The van der Waals surface area contributed by atoms with Gasteiger partial charge in [-0.1, -0.05) is 20.8 Å². The second-order valence-electron chi connectivity index (χ2n) is 5.78. The molecule has 0 saturated carbocycles. The third kappa shape index (κ3) is 6.22. The zero-order valence-electron chi connectivity index (χ0n) is 12.2. The van der Waals surface area contributed by atoms with Crippen LogP contribution in [0.1, 0.15) is 32.8 Å². The number of nitrogens with two attached hydrogens (primary N) is 1. The van der Waals surface area contributed by atoms with Crippen LogP contribution in [-0.2, 0) is 4.79 Å². The zero-order chi connectivity index (χ0) is 15.2. The molecule has 5 heteroatoms. The molecule has 0 fully saturated rings. The quantitative estimate of drug-likeness (QED) is 0.617. The van der Waals surface area contributed by atoms with E-state index >= 15 is 0 Å². The van der Waals surface area contributed by atoms with Crippen LogP contribution in [0.15, 0.2) is 29.3 Å². The molecule has 1 rings (SSSR count). The lowest BCUT2D eigenvalue weighted by atomic mass is 9.93. The van der Waals surface area contributed by atoms with Crippen LogP contribution in [0.4, 0.5) is 0 Å². The number of carboxylic acid groups (broad SMARTS) is 1. The summed E-state index contributed by atoms with van der Waals surface area (Å²) in [4.78, 5) is 14.2. The molecule has 5 nitrogen and oxygen atoms in total. The zero-order valence-corrected chi connectivity index (χ0v) is 12.2. The Morgan fingerprint density at radius 2 is 1.90 bits per heavy atom. The third-order valence-electron chi connectivity index (χ3n) is 2.66. The van der Waals surface area contributed by atoms with Gasteiger partial charge in [0, 0.05) is 5.56 Å². The van der Waals surface area contributed by atoms with E-state index in [1.165, 1.54) is 0 Å². The van der Waals surface area contributed by atoms with Gasteiger partial charge in [0.05, 0.1) is 6.61 Å². The summed E-state index contributed by atoms with van der Waals surface area (Å²) in [6, 6.07) is 7.16. The van der Waals surface area contributed by atoms with Gasteiger partial charge in [0.15, 0.2) is 0 Å². The Kier molecular flexibility index (Phi) is 5.55. The van der Waals surface area contributed by atoms with Crippen molar-refractivity contribution in [2.45, 2.75) is 27.2 Å². The molecule has 0 aliphatic heterocycles. The lowest BCUT2D eigenvalue weighted by molar-refractivity contribution is -0.135. The van der Waals surface area contributed by atoms with Crippen molar-refractivity contribution in [3.63, 3.8) is 0 Å². The van der Waals surface area contributed by atoms with Crippen LogP contribution in [0, 0.1) is 5.41 Å². The Labute approximate surface area is 119 Å². The van der Waals surface area contributed by atoms with E-state index in [1.54, 1.807) is 24.3 Å². The van der Waals surface area contributed by atoms with Crippen LogP contribution in [0.3, 0.4) is 0 Å². The van der Waals surface area contributed by atoms with E-state index in [0.717, 1.165) is 12.2 Å². The van der Waals surface area contributed by atoms with E-state index in [1.807, 2.05) is 0 Å². The highest BCUT2D eigenvalue weighted by atomic mass is 16.5. The smallest absolute Gasteiger partial charge is 0.325 e. The van der Waals surface area contributed by atoms with E-state index in [0.29, 0.717) is 12.2 Å². The fourth-order valence-electron chi connectivity index (χ4n) is 1.44. The molecular weight excluding hydrogens is 256 g/mol. The van der Waals surface area contributed by atoms with Crippen molar-refractivity contribution in [2.75, 3.05) is 13.2 Å². The van der Waals surface area contributed by atoms with Gasteiger partial charge in [-0.05, 0) is 36.1 Å². The first-order valence-electron chi connectivity index (χ1n) is 6.53. The summed E-state index contributed by atoms with van der Waals surface area (Å²) in [7, 11) is 0. The molecule has 1 aromatic rings. The summed E-state index contributed by atoms with van der Waals surface area (Å²) in [6.45, 7) is 6.83. The van der Waals surface area contributed by atoms with Crippen LogP contribution in [0.2, 0.25) is 0 Å². The highest BCUT2D eigenvalue weighted by Crippen LogP contribution is 2.19. The minimum absolute atomic E-state index is 0.216. The van der Waals surface area contributed by atoms with Crippen molar-refractivity contribution >= 4 is 11.8 Å². The highest BCUT2D eigenvalue weighted by molar-refractivity contribution is 5.98. The molecule has 0 unspecified atom stereocenters. The fourth-order valence-corrected chi connectivity index (χ4v) is 1.44. The van der Waals surface area contributed by atoms with Crippen molar-refractivity contribution in [2.24, 2.45) is 16.1 Å². The monoisotopic (exact) mass is 278 g/mol. The van der Waals surface area contributed by atoms with Gasteiger partial charge in [-0.25, -0.2) is 0 Å². The van der Waals surface area contributed by atoms with Gasteiger partial charge in [-0.15, -0.1) is 0 Å². The van der Waals surface area contributed by atoms with Crippen molar-refractivity contribution in [3.8, 4) is 5.75 Å². The largest absolute Gasteiger partial charge is 0.494 e. The maximum Gasteiger partial charge on any atom is 0.325 e. The number of aliphatic imine (C=N–C) groups is 1. The maximum atomic E-state index is 10.4. The average molecular weight is 278 g/mol. The predicted molar refractivity (Wildman–Crippen MR) is 79.2 cm³/mol. The van der Waals surface area contributed by atoms with Crippen LogP contribution in [0.25, 0.3) is 0 Å². The Balaban J connectivity index is 2.56. The van der Waals surface area contributed by atoms with Crippen LogP contribution < -0.4 is 10.5 Å². The lowest BCUT2D eigenvalue weighted by Crippen LogP contribution is -2.16. The van der Waals surface area contributed by atoms with Crippen molar-refractivity contribution in [1.82, 2.24) is 0 Å². The second kappa shape index (κ2) is 6.93. The molecule has 110 valence electrons. The van der Waals surface area contributed by atoms with Gasteiger partial charge >= 0.3 is 5.97 Å². The van der Waals surface area contributed by atoms with Gasteiger partial charge in [-0.2, -0.15) is 0 Å². The van der Waals surface area contributed by atoms with Crippen LogP contribution in [0.5, 0.6) is 5.75 Å². The van der Waals surface area contributed by atoms with Crippen molar-refractivity contribution in [3.05, 3.63) is 29.8 Å². The van der Waals surface area contributed by atoms with E-state index in [4.69, 9.17) is 15.6 Å². The molecule has 0 aliphatic rings. The molecule has 0 heterocycles. The van der Waals surface area contributed by atoms with E-state index in [9.17, 15) is 4.79 Å². The molecule has 0 aromatic heterocycles. The number of carbonyl (C=O) groups is 1. The first kappa shape index (κ1) is 16.0. The third-order valence-corrected chi connectivity index (χ3v) is 2.66. The number of rotatable bonds is 6. The summed E-state index contributed by atoms with van der Waals surface area (Å²) in [6.07, 6.45) is 0.969. The van der Waals surface area contributed by atoms with Gasteiger partial charge in [0.1, 0.15) is 18.1 Å². The molecule has 0 radical (unpaired) electrons. The number of aliphatic carboxylic acids is 1. The Bertz CT molecular complexity index is 473. The summed E-state index contributed by atoms with van der Waals surface area (Å²) in [5.74, 6) is -0.0206. The molecule has 0 saturated heterocycles. The number of hydrogen-bond acceptors (Lipinski definition) is 3. The van der Waals surface area contributed by atoms with Crippen molar-refractivity contribution in [1.29, 1.82) is 0 Å². The molecule has 3 N–H and O–H groups in total. The normalized spacial score (nSPS) is 12.2.